The van der Waals surface area contributed by atoms with E-state index in [1.54, 1.807) is 25.3 Å². The second kappa shape index (κ2) is 9.72. The monoisotopic (exact) mass is 458 g/mol. The van der Waals surface area contributed by atoms with Gasteiger partial charge in [0.25, 0.3) is 0 Å². The number of methoxy groups -OCH3 is 1. The van der Waals surface area contributed by atoms with Crippen LogP contribution in [0.25, 0.3) is 5.69 Å². The van der Waals surface area contributed by atoms with Crippen molar-refractivity contribution < 1.29 is 14.3 Å². The van der Waals surface area contributed by atoms with Crippen LogP contribution in [0.1, 0.15) is 15.9 Å². The van der Waals surface area contributed by atoms with E-state index in [9.17, 15) is 4.79 Å². The van der Waals surface area contributed by atoms with Gasteiger partial charge in [-0.25, -0.2) is 0 Å². The third-order valence-electron chi connectivity index (χ3n) is 5.01. The van der Waals surface area contributed by atoms with E-state index in [1.165, 1.54) is 17.3 Å². The number of hydrogen-bond acceptors (Lipinski definition) is 7. The third kappa shape index (κ3) is 4.87. The van der Waals surface area contributed by atoms with Crippen LogP contribution in [0.5, 0.6) is 5.75 Å². The Kier molecular flexibility index (Phi) is 6.80. The van der Waals surface area contributed by atoms with E-state index in [2.05, 4.69) is 27.2 Å². The number of carbonyl (C=O) groups is 1. The van der Waals surface area contributed by atoms with E-state index in [4.69, 9.17) is 21.1 Å². The Morgan fingerprint density at radius 3 is 2.58 bits per heavy atom. The fraction of sp³-hybridized carbons (Fsp3) is 0.318. The molecule has 0 unspecified atom stereocenters. The highest BCUT2D eigenvalue weighted by Crippen LogP contribution is 2.29. The maximum atomic E-state index is 12.8. The van der Waals surface area contributed by atoms with E-state index in [1.807, 2.05) is 23.6 Å². The van der Waals surface area contributed by atoms with Crippen LogP contribution in [0, 0.1) is 6.92 Å². The number of benzene rings is 2. The molecule has 0 atom stereocenters. The summed E-state index contributed by atoms with van der Waals surface area (Å²) in [6, 6.07) is 13.2. The molecule has 1 aromatic heterocycles. The lowest BCUT2D eigenvalue weighted by molar-refractivity contribution is 0.102. The minimum atomic E-state index is -0.0408. The largest absolute Gasteiger partial charge is 0.495 e. The Morgan fingerprint density at radius 1 is 1.16 bits per heavy atom. The van der Waals surface area contributed by atoms with Crippen molar-refractivity contribution in [2.45, 2.75) is 12.1 Å². The average molecular weight is 459 g/mol. The number of carbonyl (C=O) groups excluding carboxylic acids is 1. The van der Waals surface area contributed by atoms with E-state index in [0.29, 0.717) is 34.7 Å². The molecule has 162 valence electrons. The molecule has 0 bridgehead atoms. The molecular formula is C22H23ClN4O3S. The van der Waals surface area contributed by atoms with Crippen LogP contribution < -0.4 is 9.64 Å². The summed E-state index contributed by atoms with van der Waals surface area (Å²) in [4.78, 5) is 14.9. The molecule has 0 radical (unpaired) electrons. The van der Waals surface area contributed by atoms with Gasteiger partial charge in [-0.2, -0.15) is 0 Å². The number of nitrogens with zero attached hydrogens (tertiary/aromatic N) is 4. The number of rotatable bonds is 7. The highest BCUT2D eigenvalue weighted by Gasteiger charge is 2.22. The molecule has 9 heteroatoms. The van der Waals surface area contributed by atoms with Gasteiger partial charge in [-0.3, -0.25) is 9.36 Å². The number of aromatic nitrogens is 3. The fourth-order valence-electron chi connectivity index (χ4n) is 3.30. The number of ketones is 1. The molecular weight excluding hydrogens is 436 g/mol. The van der Waals surface area contributed by atoms with Crippen molar-refractivity contribution in [3.05, 3.63) is 58.6 Å². The van der Waals surface area contributed by atoms with Crippen molar-refractivity contribution in [1.82, 2.24) is 14.8 Å². The summed E-state index contributed by atoms with van der Waals surface area (Å²) in [5, 5.41) is 9.91. The molecule has 1 fully saturated rings. The SMILES string of the molecule is COc1ccc(C(=O)CSc2nnc(N3CCOCC3)n2-c2ccc(C)cc2)cc1Cl. The first kappa shape index (κ1) is 21.7. The summed E-state index contributed by atoms with van der Waals surface area (Å²) >= 11 is 7.53. The molecule has 3 aromatic rings. The molecule has 4 rings (SSSR count). The van der Waals surface area contributed by atoms with Gasteiger partial charge in [0, 0.05) is 18.7 Å². The Bertz CT molecular complexity index is 1070. The van der Waals surface area contributed by atoms with Crippen molar-refractivity contribution in [2.24, 2.45) is 0 Å². The van der Waals surface area contributed by atoms with Crippen molar-refractivity contribution in [3.63, 3.8) is 0 Å². The van der Waals surface area contributed by atoms with Crippen LogP contribution in [-0.4, -0.2) is 59.7 Å². The first-order valence-corrected chi connectivity index (χ1v) is 11.3. The highest BCUT2D eigenvalue weighted by atomic mass is 35.5. The number of halogens is 1. The number of morpholine rings is 1. The molecule has 1 aliphatic rings. The van der Waals surface area contributed by atoms with E-state index >= 15 is 0 Å². The Labute approximate surface area is 190 Å². The summed E-state index contributed by atoms with van der Waals surface area (Å²) in [5.74, 6) is 1.48. The van der Waals surface area contributed by atoms with Crippen molar-refractivity contribution >= 4 is 35.1 Å². The zero-order valence-corrected chi connectivity index (χ0v) is 18.9. The first-order valence-electron chi connectivity index (χ1n) is 9.91. The number of thioether (sulfide) groups is 1. The smallest absolute Gasteiger partial charge is 0.232 e. The first-order chi connectivity index (χ1) is 15.1. The summed E-state index contributed by atoms with van der Waals surface area (Å²) in [6.45, 7) is 4.85. The lowest BCUT2D eigenvalue weighted by atomic mass is 10.1. The van der Waals surface area contributed by atoms with Crippen LogP contribution in [-0.2, 0) is 4.74 Å². The molecule has 0 N–H and O–H groups in total. The number of aryl methyl sites for hydroxylation is 1. The normalized spacial score (nSPS) is 14.0. The Hall–Kier alpha value is -2.55. The summed E-state index contributed by atoms with van der Waals surface area (Å²) in [5.41, 5.74) is 2.66. The average Bonchev–Trinajstić information content (AvgIpc) is 3.22. The van der Waals surface area contributed by atoms with Gasteiger partial charge in [-0.15, -0.1) is 10.2 Å². The van der Waals surface area contributed by atoms with Crippen LogP contribution >= 0.6 is 23.4 Å². The molecule has 1 aliphatic heterocycles. The molecule has 0 amide bonds. The molecule has 31 heavy (non-hydrogen) atoms. The van der Waals surface area contributed by atoms with Gasteiger partial charge < -0.3 is 14.4 Å². The summed E-state index contributed by atoms with van der Waals surface area (Å²) in [6.07, 6.45) is 0. The second-order valence-corrected chi connectivity index (χ2v) is 8.46. The van der Waals surface area contributed by atoms with Gasteiger partial charge in [0.05, 0.1) is 36.8 Å². The van der Waals surface area contributed by atoms with Gasteiger partial charge in [-0.1, -0.05) is 41.1 Å². The van der Waals surface area contributed by atoms with E-state index in [0.717, 1.165) is 24.7 Å². The van der Waals surface area contributed by atoms with Gasteiger partial charge in [-0.05, 0) is 37.3 Å². The minimum absolute atomic E-state index is 0.0408. The maximum Gasteiger partial charge on any atom is 0.232 e. The van der Waals surface area contributed by atoms with Gasteiger partial charge in [0.2, 0.25) is 5.95 Å². The lowest BCUT2D eigenvalue weighted by Crippen LogP contribution is -2.37. The number of ether oxygens (including phenoxy) is 2. The molecule has 0 saturated carbocycles. The van der Waals surface area contributed by atoms with Crippen LogP contribution in [0.2, 0.25) is 5.02 Å². The van der Waals surface area contributed by atoms with Crippen molar-refractivity contribution in [3.8, 4) is 11.4 Å². The van der Waals surface area contributed by atoms with Gasteiger partial charge in [0.15, 0.2) is 10.9 Å². The fourth-order valence-corrected chi connectivity index (χ4v) is 4.40. The summed E-state index contributed by atoms with van der Waals surface area (Å²) in [7, 11) is 1.54. The molecule has 0 spiro atoms. The minimum Gasteiger partial charge on any atom is -0.495 e. The number of hydrogen-bond donors (Lipinski definition) is 0. The molecule has 2 heterocycles. The maximum absolute atomic E-state index is 12.8. The molecule has 2 aromatic carbocycles. The Balaban J connectivity index is 1.59. The van der Waals surface area contributed by atoms with Crippen molar-refractivity contribution in [1.29, 1.82) is 0 Å². The zero-order valence-electron chi connectivity index (χ0n) is 17.4. The number of Topliss-reactive ketones (excluding diaryl/α,β-unsaturated/α-hetero) is 1. The van der Waals surface area contributed by atoms with Crippen LogP contribution in [0.4, 0.5) is 5.95 Å². The standard InChI is InChI=1S/C22H23ClN4O3S/c1-15-3-6-17(7-4-15)27-21(26-9-11-30-12-10-26)24-25-22(27)31-14-19(28)16-5-8-20(29-2)18(23)13-16/h3-8,13H,9-12,14H2,1-2H3. The second-order valence-electron chi connectivity index (χ2n) is 7.11. The number of anilines is 1. The quantitative estimate of drug-likeness (QED) is 0.390. The van der Waals surface area contributed by atoms with Crippen molar-refractivity contribution in [2.75, 3.05) is 44.1 Å². The lowest BCUT2D eigenvalue weighted by Gasteiger charge is -2.27. The zero-order chi connectivity index (χ0) is 21.8. The predicted octanol–water partition coefficient (Wildman–Crippen LogP) is 4.05. The van der Waals surface area contributed by atoms with Crippen LogP contribution in [0.15, 0.2) is 47.6 Å². The van der Waals surface area contributed by atoms with E-state index in [-0.39, 0.29) is 11.5 Å². The van der Waals surface area contributed by atoms with Gasteiger partial charge in [0.1, 0.15) is 5.75 Å². The van der Waals surface area contributed by atoms with Gasteiger partial charge >= 0.3 is 0 Å². The van der Waals surface area contributed by atoms with Crippen LogP contribution in [0.3, 0.4) is 0 Å². The molecule has 7 nitrogen and oxygen atoms in total. The Morgan fingerprint density at radius 2 is 1.90 bits per heavy atom. The molecule has 1 saturated heterocycles. The van der Waals surface area contributed by atoms with E-state index < -0.39 is 0 Å². The summed E-state index contributed by atoms with van der Waals surface area (Å²) < 4.78 is 12.6. The highest BCUT2D eigenvalue weighted by molar-refractivity contribution is 7.99. The molecule has 0 aliphatic carbocycles. The topological polar surface area (TPSA) is 69.5 Å². The third-order valence-corrected chi connectivity index (χ3v) is 6.23. The predicted molar refractivity (Wildman–Crippen MR) is 122 cm³/mol.